The van der Waals surface area contributed by atoms with E-state index in [0.717, 1.165) is 101 Å². The minimum absolute atomic E-state index is 0.106. The van der Waals surface area contributed by atoms with E-state index in [2.05, 4.69) is 94.9 Å². The van der Waals surface area contributed by atoms with Crippen molar-refractivity contribution in [3.8, 4) is 0 Å². The molecule has 38 heavy (non-hydrogen) atoms. The summed E-state index contributed by atoms with van der Waals surface area (Å²) in [5, 5.41) is 30.9. The molecule has 210 valence electrons. The van der Waals surface area contributed by atoms with Gasteiger partial charge < -0.3 is 42.5 Å². The summed E-state index contributed by atoms with van der Waals surface area (Å²) >= 11 is 9.65. The number of hydrogen-bond donors (Lipinski definition) is 8. The number of nitrogens with one attached hydrogen (secondary N) is 8. The van der Waals surface area contributed by atoms with Crippen LogP contribution in [-0.2, 0) is 13.1 Å². The first kappa shape index (κ1) is 29.9. The van der Waals surface area contributed by atoms with Crippen LogP contribution >= 0.6 is 27.5 Å². The van der Waals surface area contributed by atoms with Gasteiger partial charge in [-0.3, -0.25) is 0 Å². The zero-order chi connectivity index (χ0) is 26.5. The predicted molar refractivity (Wildman–Crippen MR) is 162 cm³/mol. The van der Waals surface area contributed by atoms with Gasteiger partial charge in [-0.1, -0.05) is 51.8 Å². The monoisotopic (exact) mass is 606 g/mol. The Hall–Kier alpha value is -1.11. The lowest BCUT2D eigenvalue weighted by Crippen LogP contribution is -2.66. The molecule has 8 nitrogen and oxygen atoms in total. The van der Waals surface area contributed by atoms with E-state index < -0.39 is 0 Å². The van der Waals surface area contributed by atoms with Crippen molar-refractivity contribution >= 4 is 27.5 Å². The Balaban J connectivity index is 1.43. The highest BCUT2D eigenvalue weighted by atomic mass is 79.9. The smallest absolute Gasteiger partial charge is 0.0561 e. The first-order valence-electron chi connectivity index (χ1n) is 13.8. The van der Waals surface area contributed by atoms with Gasteiger partial charge in [0.05, 0.1) is 11.1 Å². The Bertz CT molecular complexity index is 822. The summed E-state index contributed by atoms with van der Waals surface area (Å²) in [5.41, 5.74) is 2.29. The molecular weight excluding hydrogens is 564 g/mol. The van der Waals surface area contributed by atoms with E-state index in [-0.39, 0.29) is 11.1 Å². The van der Waals surface area contributed by atoms with Crippen molar-refractivity contribution in [3.63, 3.8) is 0 Å². The van der Waals surface area contributed by atoms with Gasteiger partial charge in [0.2, 0.25) is 0 Å². The molecule has 10 heteroatoms. The Labute approximate surface area is 241 Å². The largest absolute Gasteiger partial charge is 0.314 e. The average Bonchev–Trinajstić information content (AvgIpc) is 2.93. The molecule has 8 N–H and O–H groups in total. The van der Waals surface area contributed by atoms with Crippen molar-refractivity contribution in [2.75, 3.05) is 78.5 Å². The van der Waals surface area contributed by atoms with Crippen LogP contribution in [0.15, 0.2) is 53.0 Å². The fourth-order valence-electron chi connectivity index (χ4n) is 5.03. The summed E-state index contributed by atoms with van der Waals surface area (Å²) in [6, 6.07) is 16.7. The first-order valence-corrected chi connectivity index (χ1v) is 15.0. The molecule has 2 aromatic rings. The van der Waals surface area contributed by atoms with Crippen LogP contribution in [0.2, 0.25) is 5.02 Å². The van der Waals surface area contributed by atoms with E-state index in [1.165, 1.54) is 11.1 Å². The molecule has 3 fully saturated rings. The highest BCUT2D eigenvalue weighted by molar-refractivity contribution is 9.10. The Morgan fingerprint density at radius 2 is 0.868 bits per heavy atom. The van der Waals surface area contributed by atoms with E-state index in [1.807, 2.05) is 12.1 Å². The lowest BCUT2D eigenvalue weighted by molar-refractivity contribution is 0.253. The molecule has 0 spiro atoms. The molecule has 2 bridgehead atoms. The van der Waals surface area contributed by atoms with Crippen molar-refractivity contribution in [1.29, 1.82) is 0 Å². The van der Waals surface area contributed by atoms with Crippen molar-refractivity contribution in [3.05, 3.63) is 69.2 Å². The maximum atomic E-state index is 6.10. The zero-order valence-corrected chi connectivity index (χ0v) is 24.6. The summed E-state index contributed by atoms with van der Waals surface area (Å²) in [6.07, 6.45) is 0. The Morgan fingerprint density at radius 1 is 0.553 bits per heavy atom. The summed E-state index contributed by atoms with van der Waals surface area (Å²) in [7, 11) is 0. The second kappa shape index (κ2) is 15.6. The Kier molecular flexibility index (Phi) is 12.3. The topological polar surface area (TPSA) is 96.2 Å². The summed E-state index contributed by atoms with van der Waals surface area (Å²) in [5.74, 6) is 0. The number of rotatable bonds is 6. The minimum Gasteiger partial charge on any atom is -0.314 e. The molecule has 0 atom stereocenters. The van der Waals surface area contributed by atoms with Gasteiger partial charge in [0.1, 0.15) is 0 Å². The van der Waals surface area contributed by atoms with Crippen LogP contribution in [0.3, 0.4) is 0 Å². The fourth-order valence-corrected chi connectivity index (χ4v) is 5.42. The lowest BCUT2D eigenvalue weighted by atomic mass is 9.96. The molecule has 0 amide bonds. The molecule has 0 radical (unpaired) electrons. The van der Waals surface area contributed by atoms with Gasteiger partial charge in [0.15, 0.2) is 0 Å². The summed E-state index contributed by atoms with van der Waals surface area (Å²) in [4.78, 5) is 0. The third kappa shape index (κ3) is 9.82. The quantitative estimate of drug-likeness (QED) is 0.247. The van der Waals surface area contributed by atoms with Gasteiger partial charge in [-0.15, -0.1) is 0 Å². The minimum atomic E-state index is -0.121. The van der Waals surface area contributed by atoms with E-state index in [0.29, 0.717) is 0 Å². The molecule has 0 unspecified atom stereocenters. The van der Waals surface area contributed by atoms with Crippen molar-refractivity contribution in [1.82, 2.24) is 42.5 Å². The van der Waals surface area contributed by atoms with Crippen LogP contribution in [0.25, 0.3) is 0 Å². The third-order valence-corrected chi connectivity index (χ3v) is 8.16. The summed E-state index contributed by atoms with van der Waals surface area (Å²) < 4.78 is 1.11. The van der Waals surface area contributed by atoms with Gasteiger partial charge in [-0.05, 0) is 35.4 Å². The van der Waals surface area contributed by atoms with E-state index >= 15 is 0 Å². The SMILES string of the molecule is Clc1ccc(CNC23CNCCNCC(NCc4ccc(Br)cc4)(CNCCNC2)CNCCNC3)cc1. The molecular formula is C28H44BrClN8. The van der Waals surface area contributed by atoms with Crippen LogP contribution in [0, 0.1) is 0 Å². The average molecular weight is 608 g/mol. The maximum absolute atomic E-state index is 6.10. The zero-order valence-electron chi connectivity index (χ0n) is 22.3. The van der Waals surface area contributed by atoms with Crippen LogP contribution in [0.4, 0.5) is 0 Å². The van der Waals surface area contributed by atoms with Crippen LogP contribution in [-0.4, -0.2) is 89.6 Å². The molecule has 0 aromatic heterocycles. The fraction of sp³-hybridized carbons (Fsp3) is 0.571. The predicted octanol–water partition coefficient (Wildman–Crippen LogP) is 1.02. The van der Waals surface area contributed by atoms with Gasteiger partial charge in [0.25, 0.3) is 0 Å². The number of hydrogen-bond acceptors (Lipinski definition) is 8. The second-order valence-electron chi connectivity index (χ2n) is 10.6. The van der Waals surface area contributed by atoms with Gasteiger partial charge >= 0.3 is 0 Å². The molecule has 2 aromatic carbocycles. The highest BCUT2D eigenvalue weighted by Gasteiger charge is 2.31. The van der Waals surface area contributed by atoms with E-state index in [1.54, 1.807) is 0 Å². The first-order chi connectivity index (χ1) is 18.6. The number of halogens is 2. The molecule has 5 rings (SSSR count). The summed E-state index contributed by atoms with van der Waals surface area (Å²) in [6.45, 7) is 12.3. The van der Waals surface area contributed by atoms with Gasteiger partial charge in [-0.25, -0.2) is 0 Å². The maximum Gasteiger partial charge on any atom is 0.0561 e. The standard InChI is InChI=1S/C28H44BrClN8/c29-25-5-1-23(2-6-25)15-37-27-17-31-9-12-34-20-28(21-35-13-10-32-18-27,22-36-14-11-33-19-27)38-16-24-3-7-26(30)8-4-24/h1-8,31-38H,9-22H2. The van der Waals surface area contributed by atoms with E-state index in [4.69, 9.17) is 11.6 Å². The van der Waals surface area contributed by atoms with Crippen molar-refractivity contribution in [2.24, 2.45) is 0 Å². The van der Waals surface area contributed by atoms with Crippen LogP contribution < -0.4 is 42.5 Å². The normalized spacial score (nSPS) is 26.5. The van der Waals surface area contributed by atoms with E-state index in [9.17, 15) is 0 Å². The number of fused-ring (bicyclic) bond motifs is 15. The molecule has 3 saturated heterocycles. The molecule has 0 saturated carbocycles. The van der Waals surface area contributed by atoms with Gasteiger partial charge in [-0.2, -0.15) is 0 Å². The van der Waals surface area contributed by atoms with Gasteiger partial charge in [0, 0.05) is 101 Å². The van der Waals surface area contributed by atoms with Crippen LogP contribution in [0.1, 0.15) is 11.1 Å². The Morgan fingerprint density at radius 3 is 1.21 bits per heavy atom. The second-order valence-corrected chi connectivity index (χ2v) is 11.9. The third-order valence-electron chi connectivity index (χ3n) is 7.38. The van der Waals surface area contributed by atoms with Crippen LogP contribution in [0.5, 0.6) is 0 Å². The van der Waals surface area contributed by atoms with Crippen molar-refractivity contribution < 1.29 is 0 Å². The molecule has 0 aliphatic carbocycles. The van der Waals surface area contributed by atoms with Crippen molar-refractivity contribution in [2.45, 2.75) is 24.2 Å². The highest BCUT2D eigenvalue weighted by Crippen LogP contribution is 2.13. The number of benzene rings is 2. The molecule has 3 aliphatic rings. The molecule has 3 heterocycles. The lowest BCUT2D eigenvalue weighted by Gasteiger charge is -2.39. The molecule has 3 aliphatic heterocycles.